The van der Waals surface area contributed by atoms with Crippen LogP contribution in [0, 0.1) is 23.3 Å². The maximum atomic E-state index is 13.6. The van der Waals surface area contributed by atoms with Gasteiger partial charge in [0.15, 0.2) is 22.3 Å². The summed E-state index contributed by atoms with van der Waals surface area (Å²) >= 11 is 0. The Labute approximate surface area is 169 Å². The highest BCUT2D eigenvalue weighted by atomic mass is 35.7. The average molecular weight is 545 g/mol. The minimum absolute atomic E-state index is 2.76. The molecule has 1 aromatic rings. The van der Waals surface area contributed by atoms with Gasteiger partial charge in [-0.2, -0.15) is 52.7 Å². The van der Waals surface area contributed by atoms with E-state index in [0.717, 1.165) is 0 Å². The van der Waals surface area contributed by atoms with Crippen molar-refractivity contribution in [3.63, 3.8) is 0 Å². The lowest BCUT2D eigenvalue weighted by molar-refractivity contribution is -0.392. The molecule has 32 heavy (non-hydrogen) atoms. The maximum Gasteiger partial charge on any atom is 0.460 e. The normalized spacial score (nSPS) is 15.0. The van der Waals surface area contributed by atoms with Gasteiger partial charge in [0.1, 0.15) is 0 Å². The Bertz CT molecular complexity index is 1060. The number of alkyl halides is 9. The highest BCUT2D eigenvalue weighted by Gasteiger charge is 2.83. The van der Waals surface area contributed by atoms with Crippen LogP contribution in [-0.4, -0.2) is 32.4 Å². The van der Waals surface area contributed by atoms with E-state index in [-0.39, 0.29) is 0 Å². The molecule has 0 bridgehead atoms. The summed E-state index contributed by atoms with van der Waals surface area (Å²) in [5.74, 6) is -42.8. The first-order valence-electron chi connectivity index (χ1n) is 6.68. The number of hydrogen-bond donors (Lipinski definition) is 0. The fourth-order valence-corrected chi connectivity index (χ4v) is 2.74. The van der Waals surface area contributed by atoms with Crippen molar-refractivity contribution in [1.29, 1.82) is 0 Å². The van der Waals surface area contributed by atoms with Gasteiger partial charge in [-0.3, -0.25) is 0 Å². The Hall–Kier alpha value is -2.05. The van der Waals surface area contributed by atoms with Gasteiger partial charge in [0, 0.05) is 10.7 Å². The number of ether oxygens (including phenoxy) is 1. The third-order valence-corrected chi connectivity index (χ3v) is 4.53. The highest BCUT2D eigenvalue weighted by molar-refractivity contribution is 8.13. The van der Waals surface area contributed by atoms with Gasteiger partial charge in [-0.25, -0.2) is 21.6 Å². The van der Waals surface area contributed by atoms with Crippen molar-refractivity contribution in [2.75, 3.05) is 0 Å². The quantitative estimate of drug-likeness (QED) is 0.142. The minimum Gasteiger partial charge on any atom is -0.425 e. The van der Waals surface area contributed by atoms with E-state index >= 15 is 0 Å². The fourth-order valence-electron chi connectivity index (χ4n) is 1.67. The standard InChI is InChI=1S/C12ClF15O3S/c13-32(29,30)6-4(17)2(15)1(14)3(16)5(6)31-8(19)7(18)9(20,21)10(22,23)11(24,25)12(26,27)28. The number of benzene rings is 1. The van der Waals surface area contributed by atoms with Crippen molar-refractivity contribution >= 4 is 19.7 Å². The Morgan fingerprint density at radius 2 is 1.12 bits per heavy atom. The Morgan fingerprint density at radius 1 is 0.719 bits per heavy atom. The van der Waals surface area contributed by atoms with E-state index in [1.54, 1.807) is 0 Å². The van der Waals surface area contributed by atoms with Gasteiger partial charge < -0.3 is 4.74 Å². The van der Waals surface area contributed by atoms with Crippen LogP contribution in [0.4, 0.5) is 65.9 Å². The summed E-state index contributed by atoms with van der Waals surface area (Å²) in [4.78, 5) is -2.76. The van der Waals surface area contributed by atoms with E-state index < -0.39 is 78.7 Å². The largest absolute Gasteiger partial charge is 0.460 e. The van der Waals surface area contributed by atoms with Gasteiger partial charge >= 0.3 is 30.0 Å². The van der Waals surface area contributed by atoms with Crippen LogP contribution in [-0.2, 0) is 9.05 Å². The van der Waals surface area contributed by atoms with Crippen molar-refractivity contribution in [3.8, 4) is 5.75 Å². The van der Waals surface area contributed by atoms with Gasteiger partial charge in [0.25, 0.3) is 9.05 Å². The SMILES string of the molecule is O=S(=O)(Cl)c1c(F)c(F)c(F)c(F)c1OC(F)=C(F)C(F)(F)C(F)(F)C(F)(F)C(F)(F)F. The second kappa shape index (κ2) is 8.07. The molecule has 1 aromatic carbocycles. The van der Waals surface area contributed by atoms with Crippen LogP contribution in [0.2, 0.25) is 0 Å². The van der Waals surface area contributed by atoms with E-state index in [9.17, 15) is 74.3 Å². The number of rotatable bonds is 6. The monoisotopic (exact) mass is 544 g/mol. The molecule has 0 saturated carbocycles. The lowest BCUT2D eigenvalue weighted by Gasteiger charge is -2.32. The molecule has 184 valence electrons. The molecule has 20 heteroatoms. The molecule has 0 aliphatic rings. The Kier molecular flexibility index (Phi) is 7.05. The zero-order valence-electron chi connectivity index (χ0n) is 13.7. The van der Waals surface area contributed by atoms with E-state index in [4.69, 9.17) is 0 Å². The van der Waals surface area contributed by atoms with E-state index in [1.165, 1.54) is 0 Å². The molecule has 0 heterocycles. The predicted octanol–water partition coefficient (Wildman–Crippen LogP) is 6.13. The number of halogens is 16. The van der Waals surface area contributed by atoms with Gasteiger partial charge in [-0.05, 0) is 0 Å². The summed E-state index contributed by atoms with van der Waals surface area (Å²) < 4.78 is 219. The Balaban J connectivity index is 3.78. The van der Waals surface area contributed by atoms with Crippen molar-refractivity contribution in [2.24, 2.45) is 0 Å². The Morgan fingerprint density at radius 3 is 1.50 bits per heavy atom. The number of allylic oxidation sites excluding steroid dienone is 1. The molecule has 0 aromatic heterocycles. The number of hydrogen-bond acceptors (Lipinski definition) is 3. The molecule has 0 saturated heterocycles. The smallest absolute Gasteiger partial charge is 0.425 e. The summed E-state index contributed by atoms with van der Waals surface area (Å²) in [5.41, 5.74) is 0. The van der Waals surface area contributed by atoms with Crippen LogP contribution in [0.15, 0.2) is 16.7 Å². The summed E-state index contributed by atoms with van der Waals surface area (Å²) in [5, 5.41) is 0. The van der Waals surface area contributed by atoms with Crippen LogP contribution >= 0.6 is 10.7 Å². The minimum atomic E-state index is -7.80. The molecule has 0 unspecified atom stereocenters. The van der Waals surface area contributed by atoms with Crippen molar-refractivity contribution in [2.45, 2.75) is 28.8 Å². The zero-order chi connectivity index (χ0) is 25.8. The van der Waals surface area contributed by atoms with Crippen LogP contribution < -0.4 is 4.74 Å². The topological polar surface area (TPSA) is 43.4 Å². The van der Waals surface area contributed by atoms with Crippen molar-refractivity contribution in [3.05, 3.63) is 35.1 Å². The van der Waals surface area contributed by atoms with Crippen molar-refractivity contribution < 1.29 is 79.0 Å². The van der Waals surface area contributed by atoms with Crippen LogP contribution in [0.3, 0.4) is 0 Å². The zero-order valence-corrected chi connectivity index (χ0v) is 15.3. The molecule has 1 rings (SSSR count). The molecular weight excluding hydrogens is 545 g/mol. The average Bonchev–Trinajstić information content (AvgIpc) is 2.61. The van der Waals surface area contributed by atoms with Gasteiger partial charge in [0.05, 0.1) is 0 Å². The van der Waals surface area contributed by atoms with E-state index in [2.05, 4.69) is 15.4 Å². The first-order valence-corrected chi connectivity index (χ1v) is 8.99. The molecule has 0 atom stereocenters. The second-order valence-electron chi connectivity index (χ2n) is 5.26. The first kappa shape index (κ1) is 28.0. The molecule has 0 radical (unpaired) electrons. The molecule has 3 nitrogen and oxygen atoms in total. The summed E-state index contributed by atoms with van der Waals surface area (Å²) in [6.45, 7) is 0. The molecule has 0 fully saturated rings. The predicted molar refractivity (Wildman–Crippen MR) is 70.1 cm³/mol. The molecule has 0 spiro atoms. The van der Waals surface area contributed by atoms with Crippen molar-refractivity contribution in [1.82, 2.24) is 0 Å². The van der Waals surface area contributed by atoms with Gasteiger partial charge in [-0.15, -0.1) is 0 Å². The van der Waals surface area contributed by atoms with Gasteiger partial charge in [0.2, 0.25) is 17.5 Å². The van der Waals surface area contributed by atoms with Crippen LogP contribution in [0.5, 0.6) is 5.75 Å². The molecule has 0 amide bonds. The maximum absolute atomic E-state index is 13.6. The summed E-state index contributed by atoms with van der Waals surface area (Å²) in [6, 6.07) is -4.08. The van der Waals surface area contributed by atoms with E-state index in [0.29, 0.717) is 0 Å². The third kappa shape index (κ3) is 4.27. The first-order chi connectivity index (χ1) is 13.9. The lowest BCUT2D eigenvalue weighted by Crippen LogP contribution is -2.61. The molecular formula is C12ClF15O3S. The van der Waals surface area contributed by atoms with E-state index in [1.807, 2.05) is 0 Å². The summed E-state index contributed by atoms with van der Waals surface area (Å²) in [6.07, 6.45) is -7.47. The second-order valence-corrected chi connectivity index (χ2v) is 7.77. The highest BCUT2D eigenvalue weighted by Crippen LogP contribution is 2.56. The molecule has 0 aliphatic carbocycles. The van der Waals surface area contributed by atoms with Crippen LogP contribution in [0.25, 0.3) is 0 Å². The molecule has 0 N–H and O–H groups in total. The third-order valence-electron chi connectivity index (χ3n) is 3.21. The fraction of sp³-hybridized carbons (Fsp3) is 0.333. The lowest BCUT2D eigenvalue weighted by atomic mass is 10.0. The van der Waals surface area contributed by atoms with Crippen LogP contribution in [0.1, 0.15) is 0 Å². The van der Waals surface area contributed by atoms with Gasteiger partial charge in [-0.1, -0.05) is 0 Å². The summed E-state index contributed by atoms with van der Waals surface area (Å²) in [7, 11) is -1.42. The molecule has 0 aliphatic heterocycles.